The minimum absolute atomic E-state index is 0.00755. The van der Waals surface area contributed by atoms with Crippen LogP contribution in [0, 0.1) is 0 Å². The van der Waals surface area contributed by atoms with Crippen molar-refractivity contribution in [2.24, 2.45) is 0 Å². The van der Waals surface area contributed by atoms with Crippen LogP contribution in [0.25, 0.3) is 0 Å². The average molecular weight is 312 g/mol. The lowest BCUT2D eigenvalue weighted by atomic mass is 10.2. The molecule has 2 atom stereocenters. The van der Waals surface area contributed by atoms with Gasteiger partial charge in [0.05, 0.1) is 11.0 Å². The van der Waals surface area contributed by atoms with Crippen molar-refractivity contribution in [2.75, 3.05) is 13.1 Å². The maximum atomic E-state index is 12.0. The summed E-state index contributed by atoms with van der Waals surface area (Å²) in [6, 6.07) is 2.45. The SMILES string of the molecule is O=C(NCCC(=O)N1CC(O)CC1C(=O)O)c1cccs1. The number of aliphatic hydroxyl groups is 1. The molecule has 0 radical (unpaired) electrons. The monoisotopic (exact) mass is 312 g/mol. The van der Waals surface area contributed by atoms with Gasteiger partial charge in [-0.05, 0) is 11.4 Å². The molecule has 7 nitrogen and oxygen atoms in total. The Balaban J connectivity index is 1.81. The number of hydrogen-bond donors (Lipinski definition) is 3. The van der Waals surface area contributed by atoms with Gasteiger partial charge in [-0.15, -0.1) is 11.3 Å². The number of aliphatic carboxylic acids is 1. The Morgan fingerprint density at radius 3 is 2.81 bits per heavy atom. The molecule has 1 aliphatic heterocycles. The molecule has 2 rings (SSSR count). The molecule has 114 valence electrons. The van der Waals surface area contributed by atoms with Crippen LogP contribution >= 0.6 is 11.3 Å². The van der Waals surface area contributed by atoms with E-state index in [-0.39, 0.29) is 37.7 Å². The van der Waals surface area contributed by atoms with Crippen molar-refractivity contribution >= 4 is 29.1 Å². The Kier molecular flexibility index (Phi) is 4.92. The highest BCUT2D eigenvalue weighted by atomic mass is 32.1. The molecular formula is C13H16N2O5S. The van der Waals surface area contributed by atoms with Gasteiger partial charge in [-0.3, -0.25) is 9.59 Å². The van der Waals surface area contributed by atoms with E-state index >= 15 is 0 Å². The summed E-state index contributed by atoms with van der Waals surface area (Å²) in [5.41, 5.74) is 0. The molecule has 1 aliphatic rings. The molecule has 0 spiro atoms. The number of carbonyl (C=O) groups excluding carboxylic acids is 2. The van der Waals surface area contributed by atoms with Crippen LogP contribution < -0.4 is 5.32 Å². The number of rotatable bonds is 5. The second-order valence-corrected chi connectivity index (χ2v) is 5.72. The number of nitrogens with zero attached hydrogens (tertiary/aromatic N) is 1. The van der Waals surface area contributed by atoms with E-state index in [1.165, 1.54) is 11.3 Å². The number of β-amino-alcohol motifs (C(OH)–C–C–N with tert-alkyl or cyclic N) is 1. The van der Waals surface area contributed by atoms with Gasteiger partial charge >= 0.3 is 5.97 Å². The zero-order valence-electron chi connectivity index (χ0n) is 11.2. The predicted molar refractivity (Wildman–Crippen MR) is 75.0 cm³/mol. The third-order valence-corrected chi connectivity index (χ3v) is 4.12. The van der Waals surface area contributed by atoms with E-state index in [0.29, 0.717) is 4.88 Å². The van der Waals surface area contributed by atoms with Gasteiger partial charge in [0.25, 0.3) is 5.91 Å². The maximum absolute atomic E-state index is 12.0. The van der Waals surface area contributed by atoms with Crippen LogP contribution in [0.2, 0.25) is 0 Å². The van der Waals surface area contributed by atoms with Crippen molar-refractivity contribution in [3.05, 3.63) is 22.4 Å². The summed E-state index contributed by atoms with van der Waals surface area (Å²) in [5.74, 6) is -1.76. The number of carboxylic acid groups (broad SMARTS) is 1. The molecule has 8 heteroatoms. The van der Waals surface area contributed by atoms with E-state index in [0.717, 1.165) is 4.90 Å². The van der Waals surface area contributed by atoms with Crippen molar-refractivity contribution in [3.8, 4) is 0 Å². The first-order valence-corrected chi connectivity index (χ1v) is 7.39. The van der Waals surface area contributed by atoms with Gasteiger partial charge < -0.3 is 20.4 Å². The van der Waals surface area contributed by atoms with Gasteiger partial charge in [-0.25, -0.2) is 4.79 Å². The lowest BCUT2D eigenvalue weighted by Crippen LogP contribution is -2.41. The molecule has 2 unspecified atom stereocenters. The molecular weight excluding hydrogens is 296 g/mol. The summed E-state index contributed by atoms with van der Waals surface area (Å²) in [6.07, 6.45) is -0.758. The average Bonchev–Trinajstić information content (AvgIpc) is 3.07. The number of amides is 2. The molecule has 1 saturated heterocycles. The third kappa shape index (κ3) is 3.79. The van der Waals surface area contributed by atoms with E-state index < -0.39 is 18.1 Å². The van der Waals surface area contributed by atoms with Crippen LogP contribution in [-0.4, -0.2) is 58.1 Å². The molecule has 0 saturated carbocycles. The van der Waals surface area contributed by atoms with E-state index in [4.69, 9.17) is 5.11 Å². The lowest BCUT2D eigenvalue weighted by Gasteiger charge is -2.21. The number of carbonyl (C=O) groups is 3. The summed E-state index contributed by atoms with van der Waals surface area (Å²) in [4.78, 5) is 36.4. The van der Waals surface area contributed by atoms with Crippen molar-refractivity contribution in [1.82, 2.24) is 10.2 Å². The molecule has 0 aromatic carbocycles. The predicted octanol–water partition coefficient (Wildman–Crippen LogP) is -0.0856. The van der Waals surface area contributed by atoms with Crippen LogP contribution in [0.5, 0.6) is 0 Å². The molecule has 1 fully saturated rings. The van der Waals surface area contributed by atoms with Crippen LogP contribution in [0.1, 0.15) is 22.5 Å². The molecule has 21 heavy (non-hydrogen) atoms. The van der Waals surface area contributed by atoms with Crippen molar-refractivity contribution in [3.63, 3.8) is 0 Å². The van der Waals surface area contributed by atoms with E-state index in [9.17, 15) is 19.5 Å². The van der Waals surface area contributed by atoms with Gasteiger partial charge in [0.15, 0.2) is 0 Å². The molecule has 2 heterocycles. The second-order valence-electron chi connectivity index (χ2n) is 4.77. The zero-order valence-corrected chi connectivity index (χ0v) is 12.0. The summed E-state index contributed by atoms with van der Waals surface area (Å²) < 4.78 is 0. The number of nitrogens with one attached hydrogen (secondary N) is 1. The molecule has 2 amide bonds. The summed E-state index contributed by atoms with van der Waals surface area (Å²) in [5, 5.41) is 22.9. The Bertz CT molecular complexity index is 531. The number of carboxylic acids is 1. The zero-order chi connectivity index (χ0) is 15.4. The first-order valence-electron chi connectivity index (χ1n) is 6.51. The van der Waals surface area contributed by atoms with Crippen LogP contribution in [0.4, 0.5) is 0 Å². The Morgan fingerprint density at radius 2 is 2.19 bits per heavy atom. The number of likely N-dealkylation sites (tertiary alicyclic amines) is 1. The summed E-state index contributed by atoms with van der Waals surface area (Å²) in [6.45, 7) is 0.156. The van der Waals surface area contributed by atoms with Crippen LogP contribution in [-0.2, 0) is 9.59 Å². The normalized spacial score (nSPS) is 21.3. The lowest BCUT2D eigenvalue weighted by molar-refractivity contribution is -0.148. The van der Waals surface area contributed by atoms with Gasteiger partial charge in [-0.2, -0.15) is 0 Å². The topological polar surface area (TPSA) is 107 Å². The van der Waals surface area contributed by atoms with Crippen molar-refractivity contribution in [1.29, 1.82) is 0 Å². The highest BCUT2D eigenvalue weighted by Crippen LogP contribution is 2.19. The fourth-order valence-electron chi connectivity index (χ4n) is 2.24. The molecule has 1 aromatic heterocycles. The fraction of sp³-hybridized carbons (Fsp3) is 0.462. The second kappa shape index (κ2) is 6.68. The summed E-state index contributed by atoms with van der Waals surface area (Å²) >= 11 is 1.30. The van der Waals surface area contributed by atoms with Crippen molar-refractivity contribution < 1.29 is 24.6 Å². The smallest absolute Gasteiger partial charge is 0.326 e. The van der Waals surface area contributed by atoms with Gasteiger partial charge in [0.1, 0.15) is 6.04 Å². The van der Waals surface area contributed by atoms with Crippen LogP contribution in [0.15, 0.2) is 17.5 Å². The first kappa shape index (κ1) is 15.5. The fourth-order valence-corrected chi connectivity index (χ4v) is 2.89. The largest absolute Gasteiger partial charge is 0.480 e. The highest BCUT2D eigenvalue weighted by Gasteiger charge is 2.38. The third-order valence-electron chi connectivity index (χ3n) is 3.25. The Hall–Kier alpha value is -1.93. The standard InChI is InChI=1S/C13H16N2O5S/c16-8-6-9(13(19)20)15(7-8)11(17)3-4-14-12(18)10-2-1-5-21-10/h1-2,5,8-9,16H,3-4,6-7H2,(H,14,18)(H,19,20). The van der Waals surface area contributed by atoms with E-state index in [2.05, 4.69) is 5.32 Å². The van der Waals surface area contributed by atoms with Gasteiger partial charge in [0, 0.05) is 25.9 Å². The Labute approximate surface area is 125 Å². The number of thiophene rings is 1. The van der Waals surface area contributed by atoms with E-state index in [1.807, 2.05) is 0 Å². The highest BCUT2D eigenvalue weighted by molar-refractivity contribution is 7.12. The van der Waals surface area contributed by atoms with Crippen molar-refractivity contribution in [2.45, 2.75) is 25.0 Å². The van der Waals surface area contributed by atoms with Crippen LogP contribution in [0.3, 0.4) is 0 Å². The van der Waals surface area contributed by atoms with Gasteiger partial charge in [0.2, 0.25) is 5.91 Å². The maximum Gasteiger partial charge on any atom is 0.326 e. The molecule has 0 bridgehead atoms. The minimum atomic E-state index is -1.12. The first-order chi connectivity index (χ1) is 9.99. The molecule has 3 N–H and O–H groups in total. The molecule has 1 aromatic rings. The Morgan fingerprint density at radius 1 is 1.43 bits per heavy atom. The van der Waals surface area contributed by atoms with E-state index in [1.54, 1.807) is 17.5 Å². The summed E-state index contributed by atoms with van der Waals surface area (Å²) in [7, 11) is 0. The van der Waals surface area contributed by atoms with Gasteiger partial charge in [-0.1, -0.05) is 6.07 Å². The minimum Gasteiger partial charge on any atom is -0.480 e. The quantitative estimate of drug-likeness (QED) is 0.704. The molecule has 0 aliphatic carbocycles. The number of aliphatic hydroxyl groups excluding tert-OH is 1. The number of hydrogen-bond acceptors (Lipinski definition) is 5.